The summed E-state index contributed by atoms with van der Waals surface area (Å²) < 4.78 is 0. The largest absolute Gasteiger partial charge is 0.393 e. The highest BCUT2D eigenvalue weighted by atomic mass is 16.3. The van der Waals surface area contributed by atoms with Gasteiger partial charge in [-0.2, -0.15) is 0 Å². The number of anilines is 1. The molecule has 21 heavy (non-hydrogen) atoms. The third kappa shape index (κ3) is 3.83. The van der Waals surface area contributed by atoms with Gasteiger partial charge in [0.2, 0.25) is 5.91 Å². The molecule has 1 aliphatic heterocycles. The molecule has 1 N–H and O–H groups in total. The average Bonchev–Trinajstić information content (AvgIpc) is 2.93. The van der Waals surface area contributed by atoms with Gasteiger partial charge in [-0.05, 0) is 51.8 Å². The monoisotopic (exact) mass is 290 g/mol. The topological polar surface area (TPSA) is 43.8 Å². The first-order valence-corrected chi connectivity index (χ1v) is 7.77. The maximum absolute atomic E-state index is 12.7. The van der Waals surface area contributed by atoms with Crippen molar-refractivity contribution >= 4 is 11.6 Å². The van der Waals surface area contributed by atoms with E-state index in [4.69, 9.17) is 0 Å². The van der Waals surface area contributed by atoms with Crippen LogP contribution in [0.3, 0.4) is 0 Å². The Balaban J connectivity index is 2.04. The first-order chi connectivity index (χ1) is 10.0. The molecule has 3 unspecified atom stereocenters. The molecule has 4 nitrogen and oxygen atoms in total. The fraction of sp³-hybridized carbons (Fsp3) is 0.588. The lowest BCUT2D eigenvalue weighted by atomic mass is 10.1. The average molecular weight is 290 g/mol. The molecule has 1 aromatic rings. The minimum atomic E-state index is -0.315. The van der Waals surface area contributed by atoms with Gasteiger partial charge in [0.25, 0.3) is 0 Å². The molecule has 4 heteroatoms. The summed E-state index contributed by atoms with van der Waals surface area (Å²) >= 11 is 0. The molecular weight excluding hydrogens is 264 g/mol. The first-order valence-electron chi connectivity index (χ1n) is 7.77. The fourth-order valence-electron chi connectivity index (χ4n) is 3.22. The van der Waals surface area contributed by atoms with Gasteiger partial charge in [-0.3, -0.25) is 9.69 Å². The quantitative estimate of drug-likeness (QED) is 0.904. The lowest BCUT2D eigenvalue weighted by Crippen LogP contribution is -2.48. The van der Waals surface area contributed by atoms with E-state index in [0.29, 0.717) is 6.04 Å². The van der Waals surface area contributed by atoms with E-state index in [1.54, 1.807) is 4.90 Å². The number of hydrogen-bond donors (Lipinski definition) is 1. The van der Waals surface area contributed by atoms with Crippen molar-refractivity contribution in [2.45, 2.75) is 51.3 Å². The van der Waals surface area contributed by atoms with Crippen molar-refractivity contribution in [1.82, 2.24) is 4.90 Å². The summed E-state index contributed by atoms with van der Waals surface area (Å²) in [6, 6.07) is 9.88. The van der Waals surface area contributed by atoms with Crippen molar-refractivity contribution < 1.29 is 9.90 Å². The summed E-state index contributed by atoms with van der Waals surface area (Å²) in [6.45, 7) is 4.73. The van der Waals surface area contributed by atoms with E-state index in [1.165, 1.54) is 0 Å². The second kappa shape index (κ2) is 7.05. The minimum Gasteiger partial charge on any atom is -0.393 e. The van der Waals surface area contributed by atoms with Gasteiger partial charge in [-0.15, -0.1) is 0 Å². The number of likely N-dealkylation sites (tertiary alicyclic amines) is 1. The van der Waals surface area contributed by atoms with E-state index in [-0.39, 0.29) is 18.1 Å². The number of likely N-dealkylation sites (N-methyl/N-ethyl adjacent to an activating group) is 1. The van der Waals surface area contributed by atoms with Crippen LogP contribution >= 0.6 is 0 Å². The van der Waals surface area contributed by atoms with Crippen molar-refractivity contribution in [2.75, 3.05) is 18.5 Å². The molecule has 0 saturated carbocycles. The lowest BCUT2D eigenvalue weighted by Gasteiger charge is -2.33. The van der Waals surface area contributed by atoms with Gasteiger partial charge in [0.15, 0.2) is 0 Å². The smallest absolute Gasteiger partial charge is 0.243 e. The van der Waals surface area contributed by atoms with E-state index in [2.05, 4.69) is 4.90 Å². The number of aliphatic hydroxyl groups is 1. The van der Waals surface area contributed by atoms with Gasteiger partial charge >= 0.3 is 0 Å². The van der Waals surface area contributed by atoms with Crippen LogP contribution in [-0.2, 0) is 4.79 Å². The molecule has 1 amide bonds. The van der Waals surface area contributed by atoms with E-state index in [0.717, 1.165) is 31.5 Å². The predicted octanol–water partition coefficient (Wildman–Crippen LogP) is 2.27. The Kier molecular flexibility index (Phi) is 5.37. The van der Waals surface area contributed by atoms with E-state index in [1.807, 2.05) is 51.2 Å². The Labute approximate surface area is 127 Å². The van der Waals surface area contributed by atoms with Crippen molar-refractivity contribution in [2.24, 2.45) is 0 Å². The van der Waals surface area contributed by atoms with Crippen molar-refractivity contribution in [1.29, 1.82) is 0 Å². The molecule has 3 atom stereocenters. The second-order valence-corrected chi connectivity index (χ2v) is 6.03. The molecule has 1 aromatic carbocycles. The summed E-state index contributed by atoms with van der Waals surface area (Å²) in [5.74, 6) is 0.110. The number of para-hydroxylation sites is 1. The highest BCUT2D eigenvalue weighted by Gasteiger charge is 2.33. The van der Waals surface area contributed by atoms with E-state index < -0.39 is 0 Å². The Bertz CT molecular complexity index is 461. The Hall–Kier alpha value is -1.39. The van der Waals surface area contributed by atoms with Crippen molar-refractivity contribution in [3.05, 3.63) is 30.3 Å². The molecule has 2 rings (SSSR count). The van der Waals surface area contributed by atoms with Crippen LogP contribution in [0.15, 0.2) is 30.3 Å². The van der Waals surface area contributed by atoms with Gasteiger partial charge in [0.05, 0.1) is 12.1 Å². The summed E-state index contributed by atoms with van der Waals surface area (Å²) in [6.07, 6.45) is 2.60. The van der Waals surface area contributed by atoms with Crippen LogP contribution in [0.4, 0.5) is 5.69 Å². The van der Waals surface area contributed by atoms with Gasteiger partial charge in [0.1, 0.15) is 0 Å². The Morgan fingerprint density at radius 1 is 1.38 bits per heavy atom. The number of hydrogen-bond acceptors (Lipinski definition) is 3. The van der Waals surface area contributed by atoms with E-state index >= 15 is 0 Å². The maximum atomic E-state index is 12.7. The minimum absolute atomic E-state index is 0.110. The number of benzene rings is 1. The van der Waals surface area contributed by atoms with Crippen molar-refractivity contribution in [3.63, 3.8) is 0 Å². The standard InChI is InChI=1S/C17H26N2O2/c1-13(20)12-16-10-7-11-19(16)14(2)17(21)18(3)15-8-5-4-6-9-15/h4-6,8-9,13-14,16,20H,7,10-12H2,1-3H3. The molecule has 0 aromatic heterocycles. The first kappa shape index (κ1) is 16.0. The molecular formula is C17H26N2O2. The molecule has 116 valence electrons. The van der Waals surface area contributed by atoms with Gasteiger partial charge < -0.3 is 10.0 Å². The molecule has 0 bridgehead atoms. The van der Waals surface area contributed by atoms with Crippen LogP contribution in [0.5, 0.6) is 0 Å². The van der Waals surface area contributed by atoms with Crippen molar-refractivity contribution in [3.8, 4) is 0 Å². The SMILES string of the molecule is CC(O)CC1CCCN1C(C)C(=O)N(C)c1ccccc1. The van der Waals surface area contributed by atoms with Crippen LogP contribution in [0.25, 0.3) is 0 Å². The molecule has 0 aliphatic carbocycles. The number of carbonyl (C=O) groups is 1. The summed E-state index contributed by atoms with van der Waals surface area (Å²) in [4.78, 5) is 16.7. The number of aliphatic hydroxyl groups excluding tert-OH is 1. The number of rotatable bonds is 5. The third-order valence-corrected chi connectivity index (χ3v) is 4.36. The molecule has 0 spiro atoms. The molecule has 1 aliphatic rings. The summed E-state index contributed by atoms with van der Waals surface area (Å²) in [5, 5.41) is 9.62. The van der Waals surface area contributed by atoms with Crippen LogP contribution in [0.1, 0.15) is 33.1 Å². The van der Waals surface area contributed by atoms with Gasteiger partial charge in [-0.1, -0.05) is 18.2 Å². The van der Waals surface area contributed by atoms with Crippen LogP contribution in [0, 0.1) is 0 Å². The zero-order chi connectivity index (χ0) is 15.4. The number of carbonyl (C=O) groups excluding carboxylic acids is 1. The van der Waals surface area contributed by atoms with Crippen LogP contribution in [-0.4, -0.2) is 47.7 Å². The molecule has 1 saturated heterocycles. The van der Waals surface area contributed by atoms with Crippen LogP contribution in [0.2, 0.25) is 0 Å². The van der Waals surface area contributed by atoms with E-state index in [9.17, 15) is 9.90 Å². The Morgan fingerprint density at radius 2 is 2.05 bits per heavy atom. The normalized spacial score (nSPS) is 22.0. The zero-order valence-corrected chi connectivity index (χ0v) is 13.2. The molecule has 0 radical (unpaired) electrons. The van der Waals surface area contributed by atoms with Gasteiger partial charge in [0, 0.05) is 18.8 Å². The highest BCUT2D eigenvalue weighted by Crippen LogP contribution is 2.25. The zero-order valence-electron chi connectivity index (χ0n) is 13.2. The number of nitrogens with zero attached hydrogens (tertiary/aromatic N) is 2. The van der Waals surface area contributed by atoms with Crippen LogP contribution < -0.4 is 4.90 Å². The molecule has 1 heterocycles. The Morgan fingerprint density at radius 3 is 2.67 bits per heavy atom. The van der Waals surface area contributed by atoms with Gasteiger partial charge in [-0.25, -0.2) is 0 Å². The maximum Gasteiger partial charge on any atom is 0.243 e. The highest BCUT2D eigenvalue weighted by molar-refractivity contribution is 5.96. The lowest BCUT2D eigenvalue weighted by molar-refractivity contribution is -0.123. The predicted molar refractivity (Wildman–Crippen MR) is 85.3 cm³/mol. The number of amides is 1. The second-order valence-electron chi connectivity index (χ2n) is 6.03. The third-order valence-electron chi connectivity index (χ3n) is 4.36. The summed E-state index contributed by atoms with van der Waals surface area (Å²) in [5.41, 5.74) is 0.917. The summed E-state index contributed by atoms with van der Waals surface area (Å²) in [7, 11) is 1.83. The fourth-order valence-corrected chi connectivity index (χ4v) is 3.22. The molecule has 1 fully saturated rings.